The number of imidazole rings is 1. The summed E-state index contributed by atoms with van der Waals surface area (Å²) in [6.45, 7) is 3.06. The zero-order valence-corrected chi connectivity index (χ0v) is 22.5. The van der Waals surface area contributed by atoms with E-state index in [0.717, 1.165) is 64.7 Å². The van der Waals surface area contributed by atoms with Gasteiger partial charge in [-0.3, -0.25) is 4.40 Å². The third-order valence-corrected chi connectivity index (χ3v) is 7.81. The minimum atomic E-state index is 0.710. The highest BCUT2D eigenvalue weighted by Crippen LogP contribution is 2.40. The number of anilines is 1. The molecule has 186 valence electrons. The minimum Gasteiger partial charge on any atom is -0.497 e. The van der Waals surface area contributed by atoms with Crippen molar-refractivity contribution >= 4 is 40.1 Å². The highest BCUT2D eigenvalue weighted by Gasteiger charge is 2.28. The summed E-state index contributed by atoms with van der Waals surface area (Å²) in [6.07, 6.45) is 5.49. The van der Waals surface area contributed by atoms with Crippen LogP contribution in [-0.2, 0) is 13.0 Å². The molecule has 0 saturated carbocycles. The van der Waals surface area contributed by atoms with Crippen molar-refractivity contribution in [3.63, 3.8) is 0 Å². The Kier molecular flexibility index (Phi) is 6.27. The van der Waals surface area contributed by atoms with Gasteiger partial charge in [0.05, 0.1) is 18.5 Å². The van der Waals surface area contributed by atoms with Gasteiger partial charge < -0.3 is 14.6 Å². The maximum Gasteiger partial charge on any atom is 0.128 e. The molecule has 4 nitrogen and oxygen atoms in total. The second kappa shape index (κ2) is 9.73. The lowest BCUT2D eigenvalue weighted by molar-refractivity contribution is 0.415. The summed E-state index contributed by atoms with van der Waals surface area (Å²) in [5.41, 5.74) is 10.4. The van der Waals surface area contributed by atoms with Crippen molar-refractivity contribution in [2.24, 2.45) is 0 Å². The summed E-state index contributed by atoms with van der Waals surface area (Å²) in [4.78, 5) is 0.710. The number of aromatic nitrogens is 2. The van der Waals surface area contributed by atoms with Crippen molar-refractivity contribution in [3.8, 4) is 28.1 Å². The molecule has 5 aromatic rings. The van der Waals surface area contributed by atoms with Gasteiger partial charge in [0, 0.05) is 34.6 Å². The molecule has 2 aromatic heterocycles. The van der Waals surface area contributed by atoms with Gasteiger partial charge in [-0.05, 0) is 73.2 Å². The molecule has 0 amide bonds. The first kappa shape index (κ1) is 23.8. The van der Waals surface area contributed by atoms with Gasteiger partial charge in [0.2, 0.25) is 0 Å². The first-order chi connectivity index (χ1) is 18.0. The highest BCUT2D eigenvalue weighted by atomic mass is 35.5. The van der Waals surface area contributed by atoms with E-state index in [1.807, 2.05) is 36.4 Å². The molecule has 37 heavy (non-hydrogen) atoms. The average molecular weight is 526 g/mol. The Balaban J connectivity index is 1.60. The van der Waals surface area contributed by atoms with Crippen molar-refractivity contribution < 1.29 is 4.74 Å². The summed E-state index contributed by atoms with van der Waals surface area (Å²) < 4.78 is 10.2. The molecule has 0 aliphatic carbocycles. The van der Waals surface area contributed by atoms with E-state index >= 15 is 0 Å². The standard InChI is InChI=1S/C31H28ClN3OS/c1-20-7-3-4-9-26(20)33-30(37)29-28(22-12-16-24(36-2)17-13-22)25-8-5-6-18-34-27(19-35(29)31(25)34)21-10-14-23(32)15-11-21/h3-4,7,9-17,19H,5-6,8,18H2,1-2H3,(H,33,37). The number of para-hydroxylation sites is 1. The number of aryl methyl sites for hydroxylation is 3. The number of thiocarbonyl (C=S) groups is 1. The van der Waals surface area contributed by atoms with Crippen LogP contribution in [-0.4, -0.2) is 21.1 Å². The van der Waals surface area contributed by atoms with Gasteiger partial charge in [-0.15, -0.1) is 0 Å². The van der Waals surface area contributed by atoms with E-state index < -0.39 is 0 Å². The largest absolute Gasteiger partial charge is 0.497 e. The number of hydrogen-bond donors (Lipinski definition) is 1. The fourth-order valence-corrected chi connectivity index (χ4v) is 5.86. The molecule has 0 saturated heterocycles. The Morgan fingerprint density at radius 1 is 0.946 bits per heavy atom. The zero-order chi connectivity index (χ0) is 25.5. The van der Waals surface area contributed by atoms with Crippen LogP contribution in [0.3, 0.4) is 0 Å². The number of rotatable bonds is 5. The fourth-order valence-electron chi connectivity index (χ4n) is 5.42. The molecule has 1 aliphatic rings. The van der Waals surface area contributed by atoms with Crippen molar-refractivity contribution in [2.45, 2.75) is 32.7 Å². The summed E-state index contributed by atoms with van der Waals surface area (Å²) in [6, 6.07) is 24.7. The van der Waals surface area contributed by atoms with Crippen LogP contribution >= 0.6 is 23.8 Å². The Hall–Kier alpha value is -3.54. The number of nitrogens with zero attached hydrogens (tertiary/aromatic N) is 2. The highest BCUT2D eigenvalue weighted by molar-refractivity contribution is 7.81. The van der Waals surface area contributed by atoms with E-state index in [0.29, 0.717) is 4.99 Å². The second-order valence-electron chi connectivity index (χ2n) is 9.52. The SMILES string of the molecule is COc1ccc(-c2c3c4n(c(-c5ccc(Cl)cc5)cn4c2C(=S)Nc2ccccc2C)CCCC3)cc1. The van der Waals surface area contributed by atoms with Crippen LogP contribution in [0.2, 0.25) is 5.02 Å². The molecular formula is C31H28ClN3OS. The topological polar surface area (TPSA) is 30.6 Å². The van der Waals surface area contributed by atoms with Crippen molar-refractivity contribution in [3.05, 3.63) is 101 Å². The van der Waals surface area contributed by atoms with E-state index in [1.54, 1.807) is 7.11 Å². The lowest BCUT2D eigenvalue weighted by Gasteiger charge is -2.14. The summed E-state index contributed by atoms with van der Waals surface area (Å²) in [5, 5.41) is 4.30. The van der Waals surface area contributed by atoms with Gasteiger partial charge >= 0.3 is 0 Å². The summed E-state index contributed by atoms with van der Waals surface area (Å²) >= 11 is 12.4. The number of methoxy groups -OCH3 is 1. The molecular weight excluding hydrogens is 498 g/mol. The van der Waals surface area contributed by atoms with Gasteiger partial charge in [0.25, 0.3) is 0 Å². The minimum absolute atomic E-state index is 0.710. The van der Waals surface area contributed by atoms with Crippen LogP contribution in [0.5, 0.6) is 5.75 Å². The summed E-state index contributed by atoms with van der Waals surface area (Å²) in [5.74, 6) is 0.843. The molecule has 1 aliphatic heterocycles. The van der Waals surface area contributed by atoms with E-state index in [-0.39, 0.29) is 0 Å². The molecule has 3 heterocycles. The Morgan fingerprint density at radius 3 is 2.41 bits per heavy atom. The average Bonchev–Trinajstić information content (AvgIpc) is 3.33. The van der Waals surface area contributed by atoms with Crippen LogP contribution in [0.25, 0.3) is 28.0 Å². The first-order valence-electron chi connectivity index (χ1n) is 12.6. The monoisotopic (exact) mass is 525 g/mol. The predicted molar refractivity (Wildman–Crippen MR) is 157 cm³/mol. The number of nitrogens with one attached hydrogen (secondary N) is 1. The van der Waals surface area contributed by atoms with Crippen LogP contribution in [0.1, 0.15) is 29.7 Å². The smallest absolute Gasteiger partial charge is 0.128 e. The Labute approximate surface area is 227 Å². The summed E-state index contributed by atoms with van der Waals surface area (Å²) in [7, 11) is 1.70. The van der Waals surface area contributed by atoms with Crippen molar-refractivity contribution in [1.29, 1.82) is 0 Å². The molecule has 0 spiro atoms. The quantitative estimate of drug-likeness (QED) is 0.235. The molecule has 0 fully saturated rings. The molecule has 0 atom stereocenters. The van der Waals surface area contributed by atoms with E-state index in [4.69, 9.17) is 28.6 Å². The first-order valence-corrected chi connectivity index (χ1v) is 13.4. The van der Waals surface area contributed by atoms with Crippen molar-refractivity contribution in [2.75, 3.05) is 12.4 Å². The molecule has 0 bridgehead atoms. The van der Waals surface area contributed by atoms with E-state index in [9.17, 15) is 0 Å². The van der Waals surface area contributed by atoms with E-state index in [1.165, 1.54) is 22.5 Å². The van der Waals surface area contributed by atoms with Gasteiger partial charge in [-0.1, -0.05) is 66.3 Å². The number of hydrogen-bond acceptors (Lipinski definition) is 2. The number of halogens is 1. The Bertz CT molecular complexity index is 1610. The Morgan fingerprint density at radius 2 is 1.68 bits per heavy atom. The van der Waals surface area contributed by atoms with Gasteiger partial charge in [0.15, 0.2) is 0 Å². The number of benzene rings is 3. The van der Waals surface area contributed by atoms with E-state index in [2.05, 4.69) is 63.8 Å². The van der Waals surface area contributed by atoms with Crippen LogP contribution in [0, 0.1) is 6.92 Å². The lowest BCUT2D eigenvalue weighted by atomic mass is 9.97. The second-order valence-corrected chi connectivity index (χ2v) is 10.4. The molecule has 3 aromatic carbocycles. The van der Waals surface area contributed by atoms with Gasteiger partial charge in [-0.25, -0.2) is 0 Å². The molecule has 1 N–H and O–H groups in total. The maximum atomic E-state index is 6.21. The fraction of sp³-hybridized carbons (Fsp3) is 0.194. The number of ether oxygens (including phenoxy) is 1. The third kappa shape index (κ3) is 4.22. The van der Waals surface area contributed by atoms with Crippen molar-refractivity contribution in [1.82, 2.24) is 8.97 Å². The third-order valence-electron chi connectivity index (χ3n) is 7.26. The normalized spacial score (nSPS) is 12.9. The predicted octanol–water partition coefficient (Wildman–Crippen LogP) is 8.17. The lowest BCUT2D eigenvalue weighted by Crippen LogP contribution is -2.14. The van der Waals surface area contributed by atoms with Crippen LogP contribution < -0.4 is 10.1 Å². The maximum absolute atomic E-state index is 6.21. The van der Waals surface area contributed by atoms with Crippen LogP contribution in [0.15, 0.2) is 79.0 Å². The molecule has 6 heteroatoms. The zero-order valence-electron chi connectivity index (χ0n) is 20.9. The van der Waals surface area contributed by atoms with Crippen LogP contribution in [0.4, 0.5) is 5.69 Å². The molecule has 0 radical (unpaired) electrons. The molecule has 0 unspecified atom stereocenters. The van der Waals surface area contributed by atoms with Gasteiger partial charge in [-0.2, -0.15) is 0 Å². The molecule has 6 rings (SSSR count). The van der Waals surface area contributed by atoms with Gasteiger partial charge in [0.1, 0.15) is 16.4 Å².